The van der Waals surface area contributed by atoms with Crippen molar-refractivity contribution in [3.05, 3.63) is 35.4 Å². The van der Waals surface area contributed by atoms with Crippen molar-refractivity contribution in [3.63, 3.8) is 0 Å². The Balaban J connectivity index is 1.82. The number of carbonyl (C=O) groups is 1. The zero-order chi connectivity index (χ0) is 14.4. The van der Waals surface area contributed by atoms with Crippen LogP contribution >= 0.6 is 0 Å². The first-order valence-corrected chi connectivity index (χ1v) is 7.37. The topological polar surface area (TPSA) is 52.6 Å². The molecule has 1 saturated heterocycles. The van der Waals surface area contributed by atoms with Crippen molar-refractivity contribution < 1.29 is 9.90 Å². The normalized spacial score (nSPS) is 19.8. The van der Waals surface area contributed by atoms with Crippen LogP contribution in [0.4, 0.5) is 0 Å². The minimum absolute atomic E-state index is 0.0357. The van der Waals surface area contributed by atoms with Crippen LogP contribution in [0.5, 0.6) is 0 Å². The molecule has 1 heterocycles. The largest absolute Gasteiger partial charge is 0.395 e. The van der Waals surface area contributed by atoms with E-state index in [9.17, 15) is 9.90 Å². The number of aryl methyl sites for hydroxylation is 1. The number of hydrogen-bond acceptors (Lipinski definition) is 3. The fraction of sp³-hybridized carbons (Fsp3) is 0.562. The number of nitrogens with one attached hydrogen (secondary N) is 1. The fourth-order valence-corrected chi connectivity index (χ4v) is 2.72. The number of amides is 1. The van der Waals surface area contributed by atoms with Crippen molar-refractivity contribution >= 4 is 5.91 Å². The van der Waals surface area contributed by atoms with Gasteiger partial charge in [-0.25, -0.2) is 0 Å². The molecule has 0 aromatic heterocycles. The number of likely N-dealkylation sites (tertiary alicyclic amines) is 1. The van der Waals surface area contributed by atoms with Crippen LogP contribution in [0.2, 0.25) is 0 Å². The Labute approximate surface area is 120 Å². The van der Waals surface area contributed by atoms with Crippen LogP contribution in [-0.4, -0.2) is 41.7 Å². The van der Waals surface area contributed by atoms with Gasteiger partial charge in [0, 0.05) is 12.6 Å². The van der Waals surface area contributed by atoms with E-state index in [1.807, 2.05) is 31.2 Å². The average Bonchev–Trinajstić information content (AvgIpc) is 2.47. The molecule has 0 spiro atoms. The number of hydrogen-bond donors (Lipinski definition) is 2. The standard InChI is InChI=1S/C16H24N2O2/c1-13-6-2-3-7-14(13)10-17-16(20)11-18-9-5-4-8-15(18)12-19/h2-3,6-7,15,19H,4-5,8-12H2,1H3,(H,17,20). The van der Waals surface area contributed by atoms with Crippen molar-refractivity contribution in [3.8, 4) is 0 Å². The van der Waals surface area contributed by atoms with Gasteiger partial charge in [0.25, 0.3) is 0 Å². The molecule has 0 radical (unpaired) electrons. The maximum Gasteiger partial charge on any atom is 0.234 e. The number of rotatable bonds is 5. The summed E-state index contributed by atoms with van der Waals surface area (Å²) in [6.45, 7) is 4.06. The van der Waals surface area contributed by atoms with Crippen LogP contribution in [0.25, 0.3) is 0 Å². The van der Waals surface area contributed by atoms with E-state index in [-0.39, 0.29) is 18.6 Å². The Bertz CT molecular complexity index is 448. The minimum atomic E-state index is 0.0357. The van der Waals surface area contributed by atoms with Crippen molar-refractivity contribution in [1.82, 2.24) is 10.2 Å². The Kier molecular flexibility index (Phi) is 5.56. The summed E-state index contributed by atoms with van der Waals surface area (Å²) in [5, 5.41) is 12.3. The molecule has 1 amide bonds. The highest BCUT2D eigenvalue weighted by Crippen LogP contribution is 2.15. The lowest BCUT2D eigenvalue weighted by Gasteiger charge is -2.33. The first-order valence-electron chi connectivity index (χ1n) is 7.37. The van der Waals surface area contributed by atoms with Gasteiger partial charge in [0.15, 0.2) is 0 Å². The minimum Gasteiger partial charge on any atom is -0.395 e. The van der Waals surface area contributed by atoms with Crippen LogP contribution in [0.15, 0.2) is 24.3 Å². The monoisotopic (exact) mass is 276 g/mol. The van der Waals surface area contributed by atoms with E-state index in [0.29, 0.717) is 13.1 Å². The Morgan fingerprint density at radius 2 is 2.20 bits per heavy atom. The van der Waals surface area contributed by atoms with Gasteiger partial charge in [-0.2, -0.15) is 0 Å². The third-order valence-electron chi connectivity index (χ3n) is 4.04. The van der Waals surface area contributed by atoms with Gasteiger partial charge < -0.3 is 10.4 Å². The second-order valence-electron chi connectivity index (χ2n) is 5.51. The first-order chi connectivity index (χ1) is 9.70. The zero-order valence-electron chi connectivity index (χ0n) is 12.1. The lowest BCUT2D eigenvalue weighted by molar-refractivity contribution is -0.123. The summed E-state index contributed by atoms with van der Waals surface area (Å²) in [5.41, 5.74) is 2.34. The summed E-state index contributed by atoms with van der Waals surface area (Å²) in [6, 6.07) is 8.22. The molecule has 110 valence electrons. The smallest absolute Gasteiger partial charge is 0.234 e. The van der Waals surface area contributed by atoms with Crippen molar-refractivity contribution in [2.24, 2.45) is 0 Å². The summed E-state index contributed by atoms with van der Waals surface area (Å²) < 4.78 is 0. The van der Waals surface area contributed by atoms with Crippen molar-refractivity contribution in [2.45, 2.75) is 38.8 Å². The van der Waals surface area contributed by atoms with Crippen LogP contribution < -0.4 is 5.32 Å². The third-order valence-corrected chi connectivity index (χ3v) is 4.04. The molecule has 1 atom stereocenters. The number of piperidine rings is 1. The molecule has 0 bridgehead atoms. The van der Waals surface area contributed by atoms with E-state index >= 15 is 0 Å². The quantitative estimate of drug-likeness (QED) is 0.856. The molecule has 2 rings (SSSR count). The molecule has 0 saturated carbocycles. The van der Waals surface area contributed by atoms with Crippen LogP contribution in [0, 0.1) is 6.92 Å². The molecule has 4 heteroatoms. The van der Waals surface area contributed by atoms with Crippen LogP contribution in [0.3, 0.4) is 0 Å². The van der Waals surface area contributed by atoms with E-state index in [4.69, 9.17) is 0 Å². The lowest BCUT2D eigenvalue weighted by atomic mass is 10.0. The molecule has 1 fully saturated rings. The number of aliphatic hydroxyl groups excluding tert-OH is 1. The molecule has 2 N–H and O–H groups in total. The van der Waals surface area contributed by atoms with E-state index in [1.165, 1.54) is 5.56 Å². The second kappa shape index (κ2) is 7.41. The number of benzene rings is 1. The molecule has 1 aromatic carbocycles. The lowest BCUT2D eigenvalue weighted by Crippen LogP contribution is -2.47. The molecule has 1 aliphatic rings. The molecular weight excluding hydrogens is 252 g/mol. The zero-order valence-corrected chi connectivity index (χ0v) is 12.1. The summed E-state index contributed by atoms with van der Waals surface area (Å²) in [4.78, 5) is 14.1. The predicted molar refractivity (Wildman–Crippen MR) is 79.3 cm³/mol. The summed E-state index contributed by atoms with van der Waals surface area (Å²) in [5.74, 6) is 0.0357. The summed E-state index contributed by atoms with van der Waals surface area (Å²) in [7, 11) is 0. The maximum absolute atomic E-state index is 12.0. The molecule has 1 aliphatic heterocycles. The second-order valence-corrected chi connectivity index (χ2v) is 5.51. The third kappa shape index (κ3) is 4.05. The van der Waals surface area contributed by atoms with E-state index in [2.05, 4.69) is 10.2 Å². The highest BCUT2D eigenvalue weighted by molar-refractivity contribution is 5.78. The van der Waals surface area contributed by atoms with Gasteiger partial charge in [0.05, 0.1) is 13.2 Å². The van der Waals surface area contributed by atoms with Gasteiger partial charge in [0.1, 0.15) is 0 Å². The van der Waals surface area contributed by atoms with Gasteiger partial charge >= 0.3 is 0 Å². The Hall–Kier alpha value is -1.39. The van der Waals surface area contributed by atoms with Crippen LogP contribution in [-0.2, 0) is 11.3 Å². The van der Waals surface area contributed by atoms with Crippen molar-refractivity contribution in [2.75, 3.05) is 19.7 Å². The summed E-state index contributed by atoms with van der Waals surface area (Å²) >= 11 is 0. The predicted octanol–water partition coefficient (Wildman–Crippen LogP) is 1.46. The summed E-state index contributed by atoms with van der Waals surface area (Å²) in [6.07, 6.45) is 3.25. The molecular formula is C16H24N2O2. The van der Waals surface area contributed by atoms with Gasteiger partial charge in [-0.3, -0.25) is 9.69 Å². The average molecular weight is 276 g/mol. The first kappa shape index (κ1) is 15.0. The van der Waals surface area contributed by atoms with Gasteiger partial charge in [-0.15, -0.1) is 0 Å². The van der Waals surface area contributed by atoms with E-state index in [1.54, 1.807) is 0 Å². The van der Waals surface area contributed by atoms with E-state index < -0.39 is 0 Å². The molecule has 20 heavy (non-hydrogen) atoms. The van der Waals surface area contributed by atoms with Gasteiger partial charge in [-0.1, -0.05) is 30.7 Å². The molecule has 4 nitrogen and oxygen atoms in total. The van der Waals surface area contributed by atoms with Crippen molar-refractivity contribution in [1.29, 1.82) is 0 Å². The molecule has 1 aromatic rings. The van der Waals surface area contributed by atoms with Gasteiger partial charge in [-0.05, 0) is 37.4 Å². The Morgan fingerprint density at radius 3 is 2.95 bits per heavy atom. The SMILES string of the molecule is Cc1ccccc1CNC(=O)CN1CCCCC1CO. The highest BCUT2D eigenvalue weighted by atomic mass is 16.3. The van der Waals surface area contributed by atoms with Crippen LogP contribution in [0.1, 0.15) is 30.4 Å². The molecule has 1 unspecified atom stereocenters. The fourth-order valence-electron chi connectivity index (χ4n) is 2.72. The van der Waals surface area contributed by atoms with Gasteiger partial charge in [0.2, 0.25) is 5.91 Å². The molecule has 0 aliphatic carbocycles. The maximum atomic E-state index is 12.0. The van der Waals surface area contributed by atoms with E-state index in [0.717, 1.165) is 31.4 Å². The highest BCUT2D eigenvalue weighted by Gasteiger charge is 2.23. The number of nitrogens with zero attached hydrogens (tertiary/aromatic N) is 1. The Morgan fingerprint density at radius 1 is 1.40 bits per heavy atom. The number of carbonyl (C=O) groups excluding carboxylic acids is 1. The number of aliphatic hydroxyl groups is 1.